The number of allylic oxidation sites excluding steroid dienone is 14. The lowest BCUT2D eigenvalue weighted by Crippen LogP contribution is -2.61. The third-order valence-corrected chi connectivity index (χ3v) is 15.4. The molecule has 2 aliphatic rings. The van der Waals surface area contributed by atoms with E-state index in [9.17, 15) is 40.5 Å². The van der Waals surface area contributed by atoms with E-state index in [4.69, 9.17) is 28.4 Å². The van der Waals surface area contributed by atoms with Crippen molar-refractivity contribution in [2.45, 2.75) is 313 Å². The van der Waals surface area contributed by atoms with Crippen molar-refractivity contribution in [3.63, 3.8) is 0 Å². The van der Waals surface area contributed by atoms with Crippen LogP contribution < -0.4 is 0 Å². The molecule has 2 heterocycles. The second-order valence-electron chi connectivity index (χ2n) is 22.9. The molecule has 0 aromatic carbocycles. The van der Waals surface area contributed by atoms with Gasteiger partial charge in [-0.05, 0) is 89.9 Å². The Labute approximate surface area is 503 Å². The van der Waals surface area contributed by atoms with E-state index in [0.29, 0.717) is 13.0 Å². The Kier molecular flexibility index (Phi) is 50.1. The summed E-state index contributed by atoms with van der Waals surface area (Å²) in [5.74, 6) is -0.399. The van der Waals surface area contributed by atoms with Crippen LogP contribution in [-0.4, -0.2) is 142 Å². The molecule has 2 aliphatic heterocycles. The van der Waals surface area contributed by atoms with Crippen LogP contribution in [0.4, 0.5) is 0 Å². The predicted molar refractivity (Wildman–Crippen MR) is 335 cm³/mol. The van der Waals surface area contributed by atoms with E-state index in [2.05, 4.69) is 98.9 Å². The molecule has 11 atom stereocenters. The Morgan fingerprint density at radius 2 is 0.783 bits per heavy atom. The van der Waals surface area contributed by atoms with Crippen molar-refractivity contribution in [1.82, 2.24) is 0 Å². The summed E-state index contributed by atoms with van der Waals surface area (Å²) in [4.78, 5) is 13.1. The Morgan fingerprint density at radius 1 is 0.410 bits per heavy atom. The topological polar surface area (TPSA) is 214 Å². The summed E-state index contributed by atoms with van der Waals surface area (Å²) in [6, 6.07) is 0. The molecule has 480 valence electrons. The van der Waals surface area contributed by atoms with Gasteiger partial charge in [-0.25, -0.2) is 0 Å². The predicted octanol–water partition coefficient (Wildman–Crippen LogP) is 13.5. The minimum atomic E-state index is -1.72. The van der Waals surface area contributed by atoms with Crippen LogP contribution >= 0.6 is 0 Å². The van der Waals surface area contributed by atoms with E-state index in [1.54, 1.807) is 0 Å². The molecule has 7 N–H and O–H groups in total. The van der Waals surface area contributed by atoms with Crippen LogP contribution in [0.2, 0.25) is 0 Å². The molecule has 0 bridgehead atoms. The van der Waals surface area contributed by atoms with Crippen LogP contribution in [0.5, 0.6) is 0 Å². The lowest BCUT2D eigenvalue weighted by atomic mass is 9.98. The highest BCUT2D eigenvalue weighted by Crippen LogP contribution is 2.27. The highest BCUT2D eigenvalue weighted by Gasteiger charge is 2.47. The van der Waals surface area contributed by atoms with Crippen molar-refractivity contribution >= 4 is 5.97 Å². The van der Waals surface area contributed by atoms with Crippen molar-refractivity contribution in [2.75, 3.05) is 33.0 Å². The van der Waals surface area contributed by atoms with Gasteiger partial charge < -0.3 is 64.2 Å². The number of hydrogen-bond donors (Lipinski definition) is 7. The molecule has 83 heavy (non-hydrogen) atoms. The van der Waals surface area contributed by atoms with Crippen LogP contribution in [0.15, 0.2) is 85.1 Å². The fourth-order valence-corrected chi connectivity index (χ4v) is 10.1. The number of ether oxygens (including phenoxy) is 6. The largest absolute Gasteiger partial charge is 0.457 e. The molecule has 2 rings (SSSR count). The van der Waals surface area contributed by atoms with Gasteiger partial charge in [-0.3, -0.25) is 4.79 Å². The number of esters is 1. The molecule has 0 amide bonds. The van der Waals surface area contributed by atoms with Gasteiger partial charge in [0.15, 0.2) is 12.6 Å². The first-order chi connectivity index (χ1) is 40.6. The zero-order chi connectivity index (χ0) is 60.1. The van der Waals surface area contributed by atoms with Crippen molar-refractivity contribution in [2.24, 2.45) is 0 Å². The highest BCUT2D eigenvalue weighted by atomic mass is 16.7. The normalized spacial score (nSPS) is 24.0. The van der Waals surface area contributed by atoms with E-state index in [1.165, 1.54) is 135 Å². The number of unbranched alkanes of at least 4 members (excludes halogenated alkanes) is 26. The van der Waals surface area contributed by atoms with Crippen LogP contribution in [0.1, 0.15) is 245 Å². The number of carbonyl (C=O) groups excluding carboxylic acids is 1. The summed E-state index contributed by atoms with van der Waals surface area (Å²) >= 11 is 0. The molecule has 2 fully saturated rings. The summed E-state index contributed by atoms with van der Waals surface area (Å²) in [6.45, 7) is 3.56. The summed E-state index contributed by atoms with van der Waals surface area (Å²) in [5.41, 5.74) is 0. The fraction of sp³-hybridized carbons (Fsp3) is 0.783. The Hall–Kier alpha value is -2.83. The second-order valence-corrected chi connectivity index (χ2v) is 22.9. The third kappa shape index (κ3) is 40.3. The molecular weight excluding hydrogens is 1050 g/mol. The average molecular weight is 1170 g/mol. The second kappa shape index (κ2) is 54.6. The quantitative estimate of drug-likeness (QED) is 0.0171. The molecule has 0 aliphatic carbocycles. The number of carbonyl (C=O) groups is 1. The number of hydrogen-bond acceptors (Lipinski definition) is 14. The Balaban J connectivity index is 1.67. The van der Waals surface area contributed by atoms with Gasteiger partial charge in [-0.2, -0.15) is 0 Å². The van der Waals surface area contributed by atoms with Crippen LogP contribution in [0.3, 0.4) is 0 Å². The van der Waals surface area contributed by atoms with Crippen LogP contribution in [-0.2, 0) is 33.2 Å². The van der Waals surface area contributed by atoms with Gasteiger partial charge in [0, 0.05) is 13.0 Å². The summed E-state index contributed by atoms with van der Waals surface area (Å²) in [6.07, 6.45) is 56.5. The van der Waals surface area contributed by atoms with Gasteiger partial charge in [0.05, 0.1) is 26.4 Å². The van der Waals surface area contributed by atoms with Crippen molar-refractivity contribution in [3.8, 4) is 0 Å². The standard InChI is InChI=1S/C69H120O14/c1-3-5-7-9-11-13-15-17-19-21-23-25-27-28-29-31-33-35-37-39-41-43-45-47-49-51-53-78-55-58(56-79-68-67(77)65(75)63(73)60(83-68)57-80-69-66(76)64(74)62(72)59(54-70)82-69)81-61(71)52-50-48-46-44-42-40-38-36-34-32-30-26-24-22-20-18-16-14-12-10-8-6-4-2/h6,8,12,14,18,20-21,23-24,26,32,34,38,40,58-60,62-70,72-77H,3-5,7,9-11,13,15-17,19,22,25,27-31,33,35-37,39,41-57H2,1-2H3/b8-6-,14-12-,20-18-,23-21-,26-24-,34-32-,40-38-. The minimum absolute atomic E-state index is 0.0477. The zero-order valence-electron chi connectivity index (χ0n) is 51.9. The van der Waals surface area contributed by atoms with Gasteiger partial charge in [0.25, 0.3) is 0 Å². The van der Waals surface area contributed by atoms with Crippen LogP contribution in [0, 0.1) is 0 Å². The van der Waals surface area contributed by atoms with E-state index < -0.39 is 86.7 Å². The summed E-state index contributed by atoms with van der Waals surface area (Å²) < 4.78 is 34.5. The van der Waals surface area contributed by atoms with Gasteiger partial charge in [0.2, 0.25) is 0 Å². The van der Waals surface area contributed by atoms with Crippen LogP contribution in [0.25, 0.3) is 0 Å². The maximum absolute atomic E-state index is 13.1. The Morgan fingerprint density at radius 3 is 1.24 bits per heavy atom. The van der Waals surface area contributed by atoms with Crippen molar-refractivity contribution in [1.29, 1.82) is 0 Å². The lowest BCUT2D eigenvalue weighted by Gasteiger charge is -2.42. The fourth-order valence-electron chi connectivity index (χ4n) is 10.1. The molecule has 0 saturated carbocycles. The molecule has 11 unspecified atom stereocenters. The van der Waals surface area contributed by atoms with E-state index in [0.717, 1.165) is 83.5 Å². The molecule has 2 saturated heterocycles. The molecule has 0 aromatic heterocycles. The maximum atomic E-state index is 13.1. The van der Waals surface area contributed by atoms with Crippen molar-refractivity contribution < 1.29 is 69.0 Å². The smallest absolute Gasteiger partial charge is 0.306 e. The molecule has 14 heteroatoms. The minimum Gasteiger partial charge on any atom is -0.457 e. The monoisotopic (exact) mass is 1170 g/mol. The summed E-state index contributed by atoms with van der Waals surface area (Å²) in [7, 11) is 0. The van der Waals surface area contributed by atoms with E-state index in [1.807, 2.05) is 0 Å². The zero-order valence-corrected chi connectivity index (χ0v) is 51.9. The lowest BCUT2D eigenvalue weighted by molar-refractivity contribution is -0.332. The maximum Gasteiger partial charge on any atom is 0.306 e. The number of rotatable bonds is 54. The van der Waals surface area contributed by atoms with Gasteiger partial charge >= 0.3 is 5.97 Å². The SMILES string of the molecule is CC/C=C\C/C=C\C/C=C\C/C=C\C/C=C\C/C=C\CCCCCCC(=O)OC(COCCCCCCCCCCCCCCCC/C=C\CCCCCCCCCC)COC1OC(COC2OC(CO)C(O)C(O)C2O)C(O)C(O)C1O. The van der Waals surface area contributed by atoms with Gasteiger partial charge in [0.1, 0.15) is 54.9 Å². The first kappa shape index (κ1) is 76.3. The first-order valence-corrected chi connectivity index (χ1v) is 33.2. The summed E-state index contributed by atoms with van der Waals surface area (Å²) in [5, 5.41) is 72.6. The highest BCUT2D eigenvalue weighted by molar-refractivity contribution is 5.69. The van der Waals surface area contributed by atoms with E-state index >= 15 is 0 Å². The number of aliphatic hydroxyl groups excluding tert-OH is 7. The number of aliphatic hydroxyl groups is 7. The molecule has 0 spiro atoms. The molecule has 14 nitrogen and oxygen atoms in total. The average Bonchev–Trinajstić information content (AvgIpc) is 3.49. The Bertz CT molecular complexity index is 1690. The van der Waals surface area contributed by atoms with Crippen molar-refractivity contribution in [3.05, 3.63) is 85.1 Å². The van der Waals surface area contributed by atoms with Gasteiger partial charge in [-0.15, -0.1) is 0 Å². The molecular formula is C69H120O14. The van der Waals surface area contributed by atoms with E-state index in [-0.39, 0.29) is 19.6 Å². The van der Waals surface area contributed by atoms with Gasteiger partial charge in [-0.1, -0.05) is 234 Å². The third-order valence-electron chi connectivity index (χ3n) is 15.4. The first-order valence-electron chi connectivity index (χ1n) is 33.2. The molecule has 0 radical (unpaired) electrons. The molecule has 0 aromatic rings.